The van der Waals surface area contributed by atoms with Crippen molar-refractivity contribution in [1.82, 2.24) is 9.55 Å². The first-order valence-corrected chi connectivity index (χ1v) is 6.86. The van der Waals surface area contributed by atoms with Crippen molar-refractivity contribution < 1.29 is 0 Å². The molecule has 2 rings (SSSR count). The fourth-order valence-electron chi connectivity index (χ4n) is 2.33. The lowest BCUT2D eigenvalue weighted by molar-refractivity contribution is 0.781. The van der Waals surface area contributed by atoms with E-state index in [1.165, 1.54) is 22.4 Å². The van der Waals surface area contributed by atoms with Crippen LogP contribution in [0.15, 0.2) is 24.4 Å². The van der Waals surface area contributed by atoms with Crippen LogP contribution in [-0.2, 0) is 13.5 Å². The van der Waals surface area contributed by atoms with Crippen molar-refractivity contribution in [3.8, 4) is 11.3 Å². The molecule has 19 heavy (non-hydrogen) atoms. The fourth-order valence-corrected chi connectivity index (χ4v) is 2.33. The Bertz CT molecular complexity index is 567. The molecule has 0 aliphatic rings. The molecular weight excluding hydrogens is 234 g/mol. The SMILES string of the molecule is Cc1ccc(C(C)C)cc1-c1cnc(CCN)n1C. The summed E-state index contributed by atoms with van der Waals surface area (Å²) in [5, 5.41) is 0. The molecule has 1 aromatic heterocycles. The van der Waals surface area contributed by atoms with Crippen molar-refractivity contribution >= 4 is 0 Å². The van der Waals surface area contributed by atoms with Crippen LogP contribution in [0.1, 0.15) is 36.7 Å². The maximum Gasteiger partial charge on any atom is 0.110 e. The van der Waals surface area contributed by atoms with Gasteiger partial charge in [0, 0.05) is 19.0 Å². The van der Waals surface area contributed by atoms with Gasteiger partial charge in [-0.25, -0.2) is 4.98 Å². The molecule has 2 N–H and O–H groups in total. The lowest BCUT2D eigenvalue weighted by Crippen LogP contribution is -2.08. The van der Waals surface area contributed by atoms with E-state index >= 15 is 0 Å². The zero-order valence-electron chi connectivity index (χ0n) is 12.3. The molecule has 0 saturated heterocycles. The summed E-state index contributed by atoms with van der Waals surface area (Å²) in [5.41, 5.74) is 10.7. The third kappa shape index (κ3) is 2.71. The normalized spacial score (nSPS) is 11.3. The molecule has 0 aliphatic heterocycles. The van der Waals surface area contributed by atoms with Gasteiger partial charge in [-0.05, 0) is 36.6 Å². The Hall–Kier alpha value is -1.61. The molecule has 2 aromatic rings. The lowest BCUT2D eigenvalue weighted by Gasteiger charge is -2.12. The number of hydrogen-bond acceptors (Lipinski definition) is 2. The number of nitrogens with zero attached hydrogens (tertiary/aromatic N) is 2. The van der Waals surface area contributed by atoms with Crippen LogP contribution in [0.5, 0.6) is 0 Å². The minimum atomic E-state index is 0.538. The molecule has 0 bridgehead atoms. The summed E-state index contributed by atoms with van der Waals surface area (Å²) in [6.45, 7) is 7.22. The second kappa shape index (κ2) is 5.57. The van der Waals surface area contributed by atoms with E-state index in [0.29, 0.717) is 12.5 Å². The molecule has 0 saturated carbocycles. The average molecular weight is 257 g/mol. The Labute approximate surface area is 115 Å². The lowest BCUT2D eigenvalue weighted by atomic mass is 9.96. The Kier molecular flexibility index (Phi) is 4.05. The predicted octanol–water partition coefficient (Wildman–Crippen LogP) is 3.02. The minimum Gasteiger partial charge on any atom is -0.331 e. The summed E-state index contributed by atoms with van der Waals surface area (Å²) in [7, 11) is 2.06. The topological polar surface area (TPSA) is 43.8 Å². The Morgan fingerprint density at radius 2 is 2.05 bits per heavy atom. The predicted molar refractivity (Wildman–Crippen MR) is 80.2 cm³/mol. The van der Waals surface area contributed by atoms with Crippen LogP contribution in [0.25, 0.3) is 11.3 Å². The molecule has 0 aliphatic carbocycles. The number of benzene rings is 1. The van der Waals surface area contributed by atoms with Gasteiger partial charge in [-0.2, -0.15) is 0 Å². The van der Waals surface area contributed by atoms with Gasteiger partial charge in [0.1, 0.15) is 5.82 Å². The first kappa shape index (κ1) is 13.8. The number of nitrogens with two attached hydrogens (primary N) is 1. The first-order chi connectivity index (χ1) is 9.04. The number of imidazole rings is 1. The molecule has 1 aromatic carbocycles. The van der Waals surface area contributed by atoms with E-state index in [2.05, 4.69) is 55.6 Å². The van der Waals surface area contributed by atoms with Crippen molar-refractivity contribution in [3.63, 3.8) is 0 Å². The van der Waals surface area contributed by atoms with E-state index in [0.717, 1.165) is 12.2 Å². The van der Waals surface area contributed by atoms with Crippen molar-refractivity contribution in [2.75, 3.05) is 6.54 Å². The zero-order valence-corrected chi connectivity index (χ0v) is 12.3. The second-order valence-corrected chi connectivity index (χ2v) is 5.39. The summed E-state index contributed by atoms with van der Waals surface area (Å²) in [6.07, 6.45) is 2.77. The minimum absolute atomic E-state index is 0.538. The fraction of sp³-hybridized carbons (Fsp3) is 0.438. The molecule has 0 spiro atoms. The number of aryl methyl sites for hydroxylation is 1. The molecule has 0 fully saturated rings. The smallest absolute Gasteiger partial charge is 0.110 e. The van der Waals surface area contributed by atoms with Gasteiger partial charge in [-0.3, -0.25) is 0 Å². The molecule has 3 heteroatoms. The van der Waals surface area contributed by atoms with E-state index in [9.17, 15) is 0 Å². The van der Waals surface area contributed by atoms with Gasteiger partial charge in [0.05, 0.1) is 11.9 Å². The highest BCUT2D eigenvalue weighted by Crippen LogP contribution is 2.27. The average Bonchev–Trinajstić information content (AvgIpc) is 2.72. The first-order valence-electron chi connectivity index (χ1n) is 6.86. The van der Waals surface area contributed by atoms with Crippen LogP contribution >= 0.6 is 0 Å². The highest BCUT2D eigenvalue weighted by Gasteiger charge is 2.11. The third-order valence-corrected chi connectivity index (χ3v) is 3.66. The molecule has 102 valence electrons. The summed E-state index contributed by atoms with van der Waals surface area (Å²) in [5.74, 6) is 1.59. The van der Waals surface area contributed by atoms with Crippen molar-refractivity contribution in [2.45, 2.75) is 33.1 Å². The summed E-state index contributed by atoms with van der Waals surface area (Å²) in [6, 6.07) is 6.68. The summed E-state index contributed by atoms with van der Waals surface area (Å²) < 4.78 is 2.15. The highest BCUT2D eigenvalue weighted by atomic mass is 15.1. The summed E-state index contributed by atoms with van der Waals surface area (Å²) >= 11 is 0. The van der Waals surface area contributed by atoms with Gasteiger partial charge in [-0.15, -0.1) is 0 Å². The van der Waals surface area contributed by atoms with E-state index < -0.39 is 0 Å². The van der Waals surface area contributed by atoms with Crippen LogP contribution in [0.4, 0.5) is 0 Å². The van der Waals surface area contributed by atoms with Gasteiger partial charge in [0.15, 0.2) is 0 Å². The van der Waals surface area contributed by atoms with Gasteiger partial charge in [0.25, 0.3) is 0 Å². The van der Waals surface area contributed by atoms with Gasteiger partial charge < -0.3 is 10.3 Å². The summed E-state index contributed by atoms with van der Waals surface area (Å²) in [4.78, 5) is 4.48. The molecule has 0 atom stereocenters. The molecule has 0 radical (unpaired) electrons. The number of hydrogen-bond donors (Lipinski definition) is 1. The molecule has 0 amide bonds. The van der Waals surface area contributed by atoms with Crippen LogP contribution in [0.3, 0.4) is 0 Å². The molecule has 1 heterocycles. The van der Waals surface area contributed by atoms with Crippen molar-refractivity contribution in [2.24, 2.45) is 12.8 Å². The largest absolute Gasteiger partial charge is 0.331 e. The Morgan fingerprint density at radius 3 is 2.68 bits per heavy atom. The molecular formula is C16H23N3. The highest BCUT2D eigenvalue weighted by molar-refractivity contribution is 5.65. The van der Waals surface area contributed by atoms with E-state index in [1.807, 2.05) is 6.20 Å². The van der Waals surface area contributed by atoms with E-state index in [-0.39, 0.29) is 0 Å². The van der Waals surface area contributed by atoms with Crippen LogP contribution in [-0.4, -0.2) is 16.1 Å². The van der Waals surface area contributed by atoms with Crippen LogP contribution in [0, 0.1) is 6.92 Å². The number of rotatable bonds is 4. The third-order valence-electron chi connectivity index (χ3n) is 3.66. The number of aromatic nitrogens is 2. The van der Waals surface area contributed by atoms with Gasteiger partial charge in [-0.1, -0.05) is 26.0 Å². The van der Waals surface area contributed by atoms with Gasteiger partial charge >= 0.3 is 0 Å². The monoisotopic (exact) mass is 257 g/mol. The maximum absolute atomic E-state index is 5.62. The maximum atomic E-state index is 5.62. The molecule has 3 nitrogen and oxygen atoms in total. The molecule has 0 unspecified atom stereocenters. The van der Waals surface area contributed by atoms with Crippen molar-refractivity contribution in [3.05, 3.63) is 41.3 Å². The zero-order chi connectivity index (χ0) is 14.0. The quantitative estimate of drug-likeness (QED) is 0.915. The van der Waals surface area contributed by atoms with E-state index in [4.69, 9.17) is 5.73 Å². The van der Waals surface area contributed by atoms with Crippen LogP contribution < -0.4 is 5.73 Å². The standard InChI is InChI=1S/C16H23N3/c1-11(2)13-6-5-12(3)14(9-13)15-10-18-16(7-8-17)19(15)4/h5-6,9-11H,7-8,17H2,1-4H3. The second-order valence-electron chi connectivity index (χ2n) is 5.39. The Balaban J connectivity index is 2.49. The van der Waals surface area contributed by atoms with Crippen molar-refractivity contribution in [1.29, 1.82) is 0 Å². The van der Waals surface area contributed by atoms with Gasteiger partial charge in [0.2, 0.25) is 0 Å². The van der Waals surface area contributed by atoms with Crippen LogP contribution in [0.2, 0.25) is 0 Å². The Morgan fingerprint density at radius 1 is 1.32 bits per heavy atom. The van der Waals surface area contributed by atoms with E-state index in [1.54, 1.807) is 0 Å².